The number of hydrogen-bond acceptors (Lipinski definition) is 11. The number of ether oxygens (including phenoxy) is 1. The molecule has 1 aliphatic carbocycles. The molecule has 3 fully saturated rings. The predicted molar refractivity (Wildman–Crippen MR) is 167 cm³/mol. The summed E-state index contributed by atoms with van der Waals surface area (Å²) in [5.74, 6) is -3.57. The number of carbonyl (C=O) groups excluding carboxylic acids is 2. The van der Waals surface area contributed by atoms with Crippen LogP contribution < -0.4 is 49.9 Å². The largest absolute Gasteiger partial charge is 1.00 e. The molecule has 2 aromatic carbocycles. The molecule has 15 nitrogen and oxygen atoms in total. The number of thioether (sulfide) groups is 1. The van der Waals surface area contributed by atoms with Crippen molar-refractivity contribution >= 4 is 61.6 Å². The van der Waals surface area contributed by atoms with Crippen molar-refractivity contribution in [2.75, 3.05) is 37.7 Å². The van der Waals surface area contributed by atoms with Gasteiger partial charge in [0.05, 0.1) is 11.2 Å². The van der Waals surface area contributed by atoms with Gasteiger partial charge < -0.3 is 34.1 Å². The number of halogens is 1. The number of carboxylic acid groups (broad SMARTS) is 1. The first-order valence-corrected chi connectivity index (χ1v) is 16.7. The van der Waals surface area contributed by atoms with Gasteiger partial charge in [-0.05, 0) is 37.1 Å². The fourth-order valence-corrected chi connectivity index (χ4v) is 7.79. The first kappa shape index (κ1) is 35.6. The summed E-state index contributed by atoms with van der Waals surface area (Å²) < 4.78 is 58.0. The normalized spacial score (nSPS) is 19.4. The number of carboxylic acids is 1. The molecule has 1 aromatic heterocycles. The summed E-state index contributed by atoms with van der Waals surface area (Å²) in [6, 6.07) is 9.56. The Bertz CT molecular complexity index is 1950. The monoisotopic (exact) mass is 710 g/mol. The van der Waals surface area contributed by atoms with Gasteiger partial charge in [0.25, 0.3) is 11.8 Å². The van der Waals surface area contributed by atoms with Crippen LogP contribution in [0, 0.1) is 11.2 Å². The number of nitrogens with zero attached hydrogens (tertiary/aromatic N) is 4. The molecule has 248 valence electrons. The van der Waals surface area contributed by atoms with E-state index >= 15 is 4.39 Å². The van der Waals surface area contributed by atoms with Gasteiger partial charge in [-0.1, -0.05) is 30.0 Å². The zero-order chi connectivity index (χ0) is 33.6. The number of rotatable bonds is 9. The zero-order valence-corrected chi connectivity index (χ0v) is 29.1. The molecule has 2 aliphatic heterocycles. The molecule has 2 amide bonds. The quantitative estimate of drug-likeness (QED) is 0.0737. The molecule has 3 aliphatic rings. The predicted octanol–water partition coefficient (Wildman–Crippen LogP) is -1.84. The minimum atomic E-state index is -5.24. The van der Waals surface area contributed by atoms with Crippen LogP contribution in [0.4, 0.5) is 10.1 Å². The minimum absolute atomic E-state index is 0. The van der Waals surface area contributed by atoms with Crippen LogP contribution in [-0.4, -0.2) is 99.0 Å². The van der Waals surface area contributed by atoms with Crippen molar-refractivity contribution in [1.82, 2.24) is 19.1 Å². The number of nitrogens with one attached hydrogen (secondary N) is 2. The van der Waals surface area contributed by atoms with E-state index in [1.165, 1.54) is 12.3 Å². The summed E-state index contributed by atoms with van der Waals surface area (Å²) >= 11 is 0.617. The second-order valence-corrected chi connectivity index (χ2v) is 13.5. The first-order valence-electron chi connectivity index (χ1n) is 14.5. The van der Waals surface area contributed by atoms with E-state index in [4.69, 9.17) is 10.1 Å². The Hall–Kier alpha value is -3.68. The Kier molecular flexibility index (Phi) is 10.4. The Morgan fingerprint density at radius 1 is 1.10 bits per heavy atom. The molecule has 19 heteroatoms. The summed E-state index contributed by atoms with van der Waals surface area (Å²) in [7, 11) is -5.24. The van der Waals surface area contributed by atoms with Crippen molar-refractivity contribution in [3.05, 3.63) is 70.3 Å². The molecule has 3 N–H and O–H groups in total. The Morgan fingerprint density at radius 3 is 2.38 bits per heavy atom. The number of pyridine rings is 1. The third-order valence-corrected chi connectivity index (χ3v) is 10.3. The number of benzene rings is 2. The number of fused-ring (bicyclic) bond motifs is 1. The number of anilines is 1. The van der Waals surface area contributed by atoms with Crippen molar-refractivity contribution < 1.29 is 71.1 Å². The number of amides is 2. The molecule has 3 aromatic rings. The molecular weight excluding hydrogens is 682 g/mol. The van der Waals surface area contributed by atoms with Crippen LogP contribution in [-0.2, 0) is 19.9 Å². The van der Waals surface area contributed by atoms with Crippen molar-refractivity contribution in [1.29, 1.82) is 5.41 Å². The molecule has 3 heterocycles. The molecule has 0 spiro atoms. The van der Waals surface area contributed by atoms with Crippen molar-refractivity contribution in [2.45, 2.75) is 30.3 Å². The second kappa shape index (κ2) is 14.0. The van der Waals surface area contributed by atoms with Crippen LogP contribution in [0.2, 0.25) is 0 Å². The number of aromatic nitrogens is 1. The maximum absolute atomic E-state index is 15.4. The van der Waals surface area contributed by atoms with Crippen molar-refractivity contribution in [3.63, 3.8) is 0 Å². The van der Waals surface area contributed by atoms with E-state index < -0.39 is 62.9 Å². The van der Waals surface area contributed by atoms with Crippen LogP contribution in [0.15, 0.2) is 53.5 Å². The minimum Gasteiger partial charge on any atom is -0.731 e. The number of aromatic carboxylic acids is 1. The number of carbonyl (C=O) groups is 3. The Balaban J connectivity index is 0.00000451. The molecule has 0 bridgehead atoms. The van der Waals surface area contributed by atoms with Gasteiger partial charge in [0.1, 0.15) is 28.5 Å². The van der Waals surface area contributed by atoms with Gasteiger partial charge >= 0.3 is 35.5 Å². The Labute approximate surface area is 299 Å². The van der Waals surface area contributed by atoms with E-state index in [0.29, 0.717) is 23.0 Å². The van der Waals surface area contributed by atoms with Gasteiger partial charge in [-0.15, -0.1) is 0 Å². The SMILES string of the molecule is N=C(SC1[C@@H](NC(=O)COc2ccccc2)C(=O)N1S(=O)(=O)[O-])N1CCN(c2cc3c(cc2F)c(=O)c(C(=O)O)cn3C2CC2)CC1.[Na+]. The van der Waals surface area contributed by atoms with E-state index in [2.05, 4.69) is 5.32 Å². The van der Waals surface area contributed by atoms with Gasteiger partial charge in [-0.3, -0.25) is 19.8 Å². The number of para-hydroxylation sites is 1. The van der Waals surface area contributed by atoms with Crippen LogP contribution in [0.25, 0.3) is 10.9 Å². The third kappa shape index (κ3) is 7.18. The van der Waals surface area contributed by atoms with Crippen LogP contribution in [0.3, 0.4) is 0 Å². The number of hydrogen-bond donors (Lipinski definition) is 3. The molecule has 48 heavy (non-hydrogen) atoms. The summed E-state index contributed by atoms with van der Waals surface area (Å²) in [5.41, 5.74) is -0.589. The van der Waals surface area contributed by atoms with Crippen LogP contribution >= 0.6 is 11.8 Å². The molecule has 1 saturated carbocycles. The molecule has 0 radical (unpaired) electrons. The zero-order valence-electron chi connectivity index (χ0n) is 25.5. The second-order valence-electron chi connectivity index (χ2n) is 11.2. The molecule has 6 rings (SSSR count). The van der Waals surface area contributed by atoms with E-state index in [1.807, 2.05) is 0 Å². The fourth-order valence-electron chi connectivity index (χ4n) is 5.55. The molecule has 1 unspecified atom stereocenters. The average Bonchev–Trinajstić information content (AvgIpc) is 3.88. The topological polar surface area (TPSA) is 205 Å². The van der Waals surface area contributed by atoms with Crippen LogP contribution in [0.5, 0.6) is 5.75 Å². The average molecular weight is 711 g/mol. The third-order valence-electron chi connectivity index (χ3n) is 8.08. The van der Waals surface area contributed by atoms with E-state index in [1.54, 1.807) is 44.7 Å². The molecule has 2 saturated heterocycles. The van der Waals surface area contributed by atoms with E-state index in [-0.39, 0.29) is 82.3 Å². The first-order chi connectivity index (χ1) is 22.3. The summed E-state index contributed by atoms with van der Waals surface area (Å²) in [6.45, 7) is 0.331. The van der Waals surface area contributed by atoms with E-state index in [0.717, 1.165) is 18.9 Å². The standard InChI is InChI=1S/C29H29FN6O9S2.Na/c30-20-12-18-21(35(16-6-7-16)14-19(25(18)38)28(40)41)13-22(20)33-8-10-34(11-9-33)29(31)46-27-24(26(39)36(27)47(42,43)44)32-23(37)15-45-17-4-2-1-3-5-17;/h1-5,12-14,16,24,27,31H,6-11,15H2,(H,32,37)(H,40,41)(H,42,43,44);/q;+1/p-1/t24-,27?;/m0./s1. The number of piperazine rings is 1. The summed E-state index contributed by atoms with van der Waals surface area (Å²) in [5, 5.41) is 18.9. The molecular formula is C29H28FN6NaO9S2. The Morgan fingerprint density at radius 2 is 1.77 bits per heavy atom. The number of amidine groups is 1. The van der Waals surface area contributed by atoms with Gasteiger partial charge in [0, 0.05) is 43.8 Å². The summed E-state index contributed by atoms with van der Waals surface area (Å²) in [4.78, 5) is 52.7. The fraction of sp³-hybridized carbons (Fsp3) is 0.345. The van der Waals surface area contributed by atoms with Gasteiger partial charge in [0.2, 0.25) is 5.43 Å². The van der Waals surface area contributed by atoms with Crippen molar-refractivity contribution in [2.24, 2.45) is 0 Å². The smallest absolute Gasteiger partial charge is 0.731 e. The van der Waals surface area contributed by atoms with Crippen molar-refractivity contribution in [3.8, 4) is 5.75 Å². The van der Waals surface area contributed by atoms with Gasteiger partial charge in [0.15, 0.2) is 22.1 Å². The maximum atomic E-state index is 15.4. The van der Waals surface area contributed by atoms with Gasteiger partial charge in [-0.2, -0.15) is 0 Å². The number of β-lactam (4-membered cyclic amide) rings is 1. The van der Waals surface area contributed by atoms with Gasteiger partial charge in [-0.25, -0.2) is 21.9 Å². The molecule has 2 atom stereocenters. The van der Waals surface area contributed by atoms with Crippen LogP contribution in [0.1, 0.15) is 29.2 Å². The summed E-state index contributed by atoms with van der Waals surface area (Å²) in [6.07, 6.45) is 2.89. The van der Waals surface area contributed by atoms with E-state index in [9.17, 15) is 37.3 Å². The maximum Gasteiger partial charge on any atom is 1.00 e.